The molecule has 0 aliphatic heterocycles. The number of rotatable bonds is 6. The van der Waals surface area contributed by atoms with Crippen LogP contribution in [0.1, 0.15) is 23.9 Å². The summed E-state index contributed by atoms with van der Waals surface area (Å²) in [6.45, 7) is 7.59. The molecule has 0 amide bonds. The fourth-order valence-corrected chi connectivity index (χ4v) is 2.44. The quantitative estimate of drug-likeness (QED) is 0.633. The second-order valence-electron chi connectivity index (χ2n) is 4.98. The normalized spacial score (nSPS) is 11.3. The third-order valence-electron chi connectivity index (χ3n) is 3.49. The Bertz CT molecular complexity index is 719. The Hall–Kier alpha value is -1.99. The minimum absolute atomic E-state index is 0.147. The highest BCUT2D eigenvalue weighted by atomic mass is 32.1. The van der Waals surface area contributed by atoms with Gasteiger partial charge in [0.05, 0.1) is 12.8 Å². The van der Waals surface area contributed by atoms with Gasteiger partial charge in [-0.1, -0.05) is 6.07 Å². The SMILES string of the molecule is CCN(CCO)c1ccc(/C=N\n2c(C)n[nH]c2=S)c(C)c1. The van der Waals surface area contributed by atoms with E-state index in [-0.39, 0.29) is 6.61 Å². The van der Waals surface area contributed by atoms with E-state index in [1.807, 2.05) is 26.0 Å². The van der Waals surface area contributed by atoms with E-state index in [4.69, 9.17) is 17.3 Å². The smallest absolute Gasteiger partial charge is 0.216 e. The van der Waals surface area contributed by atoms with Gasteiger partial charge in [0.25, 0.3) is 0 Å². The molecule has 0 saturated carbocycles. The molecule has 1 aromatic carbocycles. The van der Waals surface area contributed by atoms with Crippen LogP contribution in [0.3, 0.4) is 0 Å². The molecule has 1 aromatic heterocycles. The molecule has 7 heteroatoms. The first kappa shape index (κ1) is 16.4. The molecule has 6 nitrogen and oxygen atoms in total. The van der Waals surface area contributed by atoms with Crippen LogP contribution in [-0.4, -0.2) is 45.9 Å². The van der Waals surface area contributed by atoms with Crippen molar-refractivity contribution in [3.05, 3.63) is 39.9 Å². The van der Waals surface area contributed by atoms with Crippen LogP contribution in [0.5, 0.6) is 0 Å². The van der Waals surface area contributed by atoms with Crippen LogP contribution in [0.15, 0.2) is 23.3 Å². The Balaban J connectivity index is 2.25. The van der Waals surface area contributed by atoms with Gasteiger partial charge in [-0.15, -0.1) is 0 Å². The van der Waals surface area contributed by atoms with Crippen molar-refractivity contribution in [2.75, 3.05) is 24.6 Å². The van der Waals surface area contributed by atoms with E-state index >= 15 is 0 Å². The van der Waals surface area contributed by atoms with Gasteiger partial charge >= 0.3 is 0 Å². The maximum atomic E-state index is 9.11. The van der Waals surface area contributed by atoms with Crippen molar-refractivity contribution in [2.45, 2.75) is 20.8 Å². The third kappa shape index (κ3) is 3.61. The summed E-state index contributed by atoms with van der Waals surface area (Å²) in [4.78, 5) is 2.13. The fraction of sp³-hybridized carbons (Fsp3) is 0.400. The van der Waals surface area contributed by atoms with Crippen LogP contribution in [0.25, 0.3) is 0 Å². The molecule has 0 spiro atoms. The largest absolute Gasteiger partial charge is 0.395 e. The molecule has 0 aliphatic carbocycles. The number of aliphatic hydroxyl groups is 1. The number of benzene rings is 1. The number of nitrogens with zero attached hydrogens (tertiary/aromatic N) is 4. The zero-order valence-corrected chi connectivity index (χ0v) is 13.9. The van der Waals surface area contributed by atoms with Crippen LogP contribution in [0.4, 0.5) is 5.69 Å². The van der Waals surface area contributed by atoms with E-state index in [9.17, 15) is 0 Å². The molecule has 0 unspecified atom stereocenters. The summed E-state index contributed by atoms with van der Waals surface area (Å²) >= 11 is 5.12. The van der Waals surface area contributed by atoms with Crippen LogP contribution in [0, 0.1) is 18.6 Å². The molecule has 118 valence electrons. The van der Waals surface area contributed by atoms with E-state index in [1.54, 1.807) is 10.9 Å². The Labute approximate surface area is 135 Å². The monoisotopic (exact) mass is 319 g/mol. The van der Waals surface area contributed by atoms with Gasteiger partial charge in [-0.25, -0.2) is 0 Å². The minimum atomic E-state index is 0.147. The van der Waals surface area contributed by atoms with Crippen molar-refractivity contribution < 1.29 is 5.11 Å². The molecule has 0 atom stereocenters. The first-order valence-electron chi connectivity index (χ1n) is 7.21. The number of hydrogen-bond acceptors (Lipinski definition) is 5. The molecule has 0 bridgehead atoms. The average Bonchev–Trinajstić information content (AvgIpc) is 2.82. The molecule has 0 saturated heterocycles. The molecule has 0 fully saturated rings. The summed E-state index contributed by atoms with van der Waals surface area (Å²) in [6, 6.07) is 6.16. The van der Waals surface area contributed by atoms with Gasteiger partial charge in [0, 0.05) is 18.8 Å². The number of hydrogen-bond donors (Lipinski definition) is 2. The molecule has 2 aromatic rings. The van der Waals surface area contributed by atoms with E-state index in [0.717, 1.165) is 29.2 Å². The van der Waals surface area contributed by atoms with Gasteiger partial charge in [0.15, 0.2) is 0 Å². The predicted molar refractivity (Wildman–Crippen MR) is 91.3 cm³/mol. The first-order valence-corrected chi connectivity index (χ1v) is 7.62. The van der Waals surface area contributed by atoms with Crippen molar-refractivity contribution in [3.63, 3.8) is 0 Å². The summed E-state index contributed by atoms with van der Waals surface area (Å²) in [7, 11) is 0. The Morgan fingerprint density at radius 3 is 2.77 bits per heavy atom. The summed E-state index contributed by atoms with van der Waals surface area (Å²) in [5.41, 5.74) is 3.24. The van der Waals surface area contributed by atoms with Gasteiger partial charge in [-0.2, -0.15) is 14.9 Å². The summed E-state index contributed by atoms with van der Waals surface area (Å²) < 4.78 is 2.07. The highest BCUT2D eigenvalue weighted by Crippen LogP contribution is 2.18. The van der Waals surface area contributed by atoms with Gasteiger partial charge in [0.2, 0.25) is 4.77 Å². The lowest BCUT2D eigenvalue weighted by Crippen LogP contribution is -2.26. The number of aryl methyl sites for hydroxylation is 2. The molecular formula is C15H21N5OS. The van der Waals surface area contributed by atoms with Crippen LogP contribution < -0.4 is 4.90 Å². The van der Waals surface area contributed by atoms with Gasteiger partial charge in [0.1, 0.15) is 5.82 Å². The summed E-state index contributed by atoms with van der Waals surface area (Å²) in [6.07, 6.45) is 1.78. The molecule has 22 heavy (non-hydrogen) atoms. The van der Waals surface area contributed by atoms with Gasteiger partial charge < -0.3 is 10.0 Å². The molecule has 1 heterocycles. The first-order chi connectivity index (χ1) is 10.6. The molecular weight excluding hydrogens is 298 g/mol. The molecule has 0 aliphatic rings. The van der Waals surface area contributed by atoms with E-state index in [0.29, 0.717) is 11.3 Å². The van der Waals surface area contributed by atoms with Crippen molar-refractivity contribution in [3.8, 4) is 0 Å². The fourth-order valence-electron chi connectivity index (χ4n) is 2.22. The van der Waals surface area contributed by atoms with Crippen molar-refractivity contribution in [2.24, 2.45) is 5.10 Å². The minimum Gasteiger partial charge on any atom is -0.395 e. The number of nitrogens with one attached hydrogen (secondary N) is 1. The third-order valence-corrected chi connectivity index (χ3v) is 3.76. The predicted octanol–water partition coefficient (Wildman–Crippen LogP) is 2.26. The second-order valence-corrected chi connectivity index (χ2v) is 5.36. The van der Waals surface area contributed by atoms with E-state index < -0.39 is 0 Å². The number of aromatic amines is 1. The number of aliphatic hydroxyl groups excluding tert-OH is 1. The number of likely N-dealkylation sites (N-methyl/N-ethyl adjacent to an activating group) is 1. The summed E-state index contributed by atoms with van der Waals surface area (Å²) in [5, 5.41) is 20.2. The van der Waals surface area contributed by atoms with Crippen LogP contribution >= 0.6 is 12.2 Å². The molecule has 0 radical (unpaired) electrons. The Morgan fingerprint density at radius 2 is 2.23 bits per heavy atom. The number of anilines is 1. The standard InChI is InChI=1S/C15H21N5OS/c1-4-19(7-8-21)14-6-5-13(11(2)9-14)10-16-20-12(3)17-18-15(20)22/h5-6,9-10,21H,4,7-8H2,1-3H3,(H,18,22)/b16-10-. The van der Waals surface area contributed by atoms with Crippen molar-refractivity contribution in [1.82, 2.24) is 14.9 Å². The lowest BCUT2D eigenvalue weighted by atomic mass is 10.1. The zero-order valence-electron chi connectivity index (χ0n) is 13.1. The molecule has 2 N–H and O–H groups in total. The highest BCUT2D eigenvalue weighted by molar-refractivity contribution is 7.71. The molecule has 2 rings (SSSR count). The van der Waals surface area contributed by atoms with Crippen molar-refractivity contribution in [1.29, 1.82) is 0 Å². The van der Waals surface area contributed by atoms with Crippen molar-refractivity contribution >= 4 is 24.1 Å². The zero-order chi connectivity index (χ0) is 16.1. The van der Waals surface area contributed by atoms with E-state index in [2.05, 4.69) is 33.2 Å². The Morgan fingerprint density at radius 1 is 1.45 bits per heavy atom. The average molecular weight is 319 g/mol. The van der Waals surface area contributed by atoms with Gasteiger partial charge in [-0.3, -0.25) is 5.10 Å². The highest BCUT2D eigenvalue weighted by Gasteiger charge is 2.05. The summed E-state index contributed by atoms with van der Waals surface area (Å²) in [5.74, 6) is 0.718. The number of H-pyrrole nitrogens is 1. The Kier molecular flexibility index (Phi) is 5.46. The van der Waals surface area contributed by atoms with Gasteiger partial charge in [-0.05, 0) is 56.2 Å². The topological polar surface area (TPSA) is 69.4 Å². The second kappa shape index (κ2) is 7.33. The van der Waals surface area contributed by atoms with E-state index in [1.165, 1.54) is 0 Å². The lowest BCUT2D eigenvalue weighted by Gasteiger charge is -2.22. The van der Waals surface area contributed by atoms with Crippen LogP contribution in [0.2, 0.25) is 0 Å². The maximum Gasteiger partial charge on any atom is 0.216 e. The lowest BCUT2D eigenvalue weighted by molar-refractivity contribution is 0.302. The number of aromatic nitrogens is 3. The van der Waals surface area contributed by atoms with Crippen LogP contribution in [-0.2, 0) is 0 Å². The maximum absolute atomic E-state index is 9.11.